The van der Waals surface area contributed by atoms with Gasteiger partial charge in [-0.3, -0.25) is 9.59 Å². The molecule has 0 amide bonds. The van der Waals surface area contributed by atoms with Gasteiger partial charge in [0.25, 0.3) is 0 Å². The zero-order chi connectivity index (χ0) is 29.0. The van der Waals surface area contributed by atoms with Crippen LogP contribution in [-0.4, -0.2) is 11.9 Å². The highest BCUT2D eigenvalue weighted by Gasteiger charge is 2.46. The summed E-state index contributed by atoms with van der Waals surface area (Å²) in [6, 6.07) is 14.1. The van der Waals surface area contributed by atoms with E-state index >= 15 is 0 Å². The zero-order valence-electron chi connectivity index (χ0n) is 25.8. The van der Waals surface area contributed by atoms with Crippen LogP contribution in [0, 0.1) is 0 Å². The summed E-state index contributed by atoms with van der Waals surface area (Å²) >= 11 is 0. The van der Waals surface area contributed by atoms with Crippen molar-refractivity contribution in [1.82, 2.24) is 0 Å². The van der Waals surface area contributed by atoms with E-state index < -0.39 is 0 Å². The van der Waals surface area contributed by atoms with Crippen LogP contribution in [0.3, 0.4) is 0 Å². The Bertz CT molecular complexity index is 1080. The normalized spacial score (nSPS) is 17.4. The molecule has 0 radical (unpaired) electrons. The van der Waals surface area contributed by atoms with Gasteiger partial charge in [0, 0.05) is 18.3 Å². The Labute approximate surface area is 243 Å². The van der Waals surface area contributed by atoms with E-state index in [0.717, 1.165) is 32.1 Å². The van der Waals surface area contributed by atoms with Gasteiger partial charge in [0.1, 0.15) is 11.5 Å². The van der Waals surface area contributed by atoms with Crippen molar-refractivity contribution in [3.8, 4) is 11.5 Å². The van der Waals surface area contributed by atoms with Crippen molar-refractivity contribution in [3.63, 3.8) is 0 Å². The lowest BCUT2D eigenvalue weighted by Gasteiger charge is -2.28. The summed E-state index contributed by atoms with van der Waals surface area (Å²) in [4.78, 5) is 24.9. The first-order valence-electron chi connectivity index (χ1n) is 15.9. The summed E-state index contributed by atoms with van der Waals surface area (Å²) in [6.07, 6.45) is 15.7. The lowest BCUT2D eigenvalue weighted by Crippen LogP contribution is -2.23. The van der Waals surface area contributed by atoms with Crippen molar-refractivity contribution >= 4 is 11.9 Å². The average molecular weight is 549 g/mol. The Hall–Kier alpha value is -2.62. The molecule has 0 bridgehead atoms. The summed E-state index contributed by atoms with van der Waals surface area (Å²) in [6.45, 7) is 11.2. The van der Waals surface area contributed by atoms with Gasteiger partial charge >= 0.3 is 11.9 Å². The second kappa shape index (κ2) is 15.4. The first-order chi connectivity index (χ1) is 19.2. The number of carbonyl (C=O) groups excluding carboxylic acids is 2. The van der Waals surface area contributed by atoms with Crippen LogP contribution >= 0.6 is 0 Å². The Kier molecular flexibility index (Phi) is 12.3. The van der Waals surface area contributed by atoms with E-state index in [1.807, 2.05) is 18.2 Å². The van der Waals surface area contributed by atoms with Crippen molar-refractivity contribution in [2.75, 3.05) is 0 Å². The van der Waals surface area contributed by atoms with Crippen LogP contribution in [0.5, 0.6) is 11.5 Å². The zero-order valence-corrected chi connectivity index (χ0v) is 25.8. The molecule has 2 aromatic carbocycles. The number of hydrogen-bond donors (Lipinski definition) is 0. The van der Waals surface area contributed by atoms with Crippen molar-refractivity contribution < 1.29 is 19.1 Å². The van der Waals surface area contributed by atoms with Gasteiger partial charge in [0.15, 0.2) is 0 Å². The minimum absolute atomic E-state index is 0.00657. The number of carbonyl (C=O) groups is 2. The first kappa shape index (κ1) is 31.9. The molecule has 4 heteroatoms. The fourth-order valence-electron chi connectivity index (χ4n) is 6.32. The molecule has 0 aromatic heterocycles. The van der Waals surface area contributed by atoms with Gasteiger partial charge in [-0.05, 0) is 65.6 Å². The molecule has 0 saturated heterocycles. The molecule has 0 heterocycles. The molecular formula is C36H52O4. The van der Waals surface area contributed by atoms with Gasteiger partial charge in [0.2, 0.25) is 0 Å². The predicted molar refractivity (Wildman–Crippen MR) is 164 cm³/mol. The van der Waals surface area contributed by atoms with Crippen molar-refractivity contribution in [1.29, 1.82) is 0 Å². The van der Waals surface area contributed by atoms with E-state index in [-0.39, 0.29) is 22.8 Å². The molecule has 0 N–H and O–H groups in total. The first-order valence-corrected chi connectivity index (χ1v) is 15.9. The van der Waals surface area contributed by atoms with Crippen molar-refractivity contribution in [2.45, 2.75) is 142 Å². The standard InChI is InChI=1S/C36H52O4/c1-6-8-10-12-14-16-18-33(37)39-29-22-20-28(21-23-29)36(5)27-35(3,4)31-25-24-30(26-32(31)36)40-34(38)19-17-15-13-11-9-7-2/h20-26H,6-19,27H2,1-5H3. The molecule has 0 aliphatic heterocycles. The fraction of sp³-hybridized carbons (Fsp3) is 0.611. The van der Waals surface area contributed by atoms with Gasteiger partial charge in [0.05, 0.1) is 0 Å². The summed E-state index contributed by atoms with van der Waals surface area (Å²) in [5.41, 5.74) is 3.43. The van der Waals surface area contributed by atoms with Crippen molar-refractivity contribution in [2.24, 2.45) is 0 Å². The summed E-state index contributed by atoms with van der Waals surface area (Å²) in [5.74, 6) is 0.910. The van der Waals surface area contributed by atoms with E-state index in [1.165, 1.54) is 68.1 Å². The van der Waals surface area contributed by atoms with Crippen LogP contribution in [-0.2, 0) is 20.4 Å². The van der Waals surface area contributed by atoms with Gasteiger partial charge in [-0.2, -0.15) is 0 Å². The molecule has 2 aromatic rings. The Morgan fingerprint density at radius 1 is 0.625 bits per heavy atom. The molecule has 1 atom stereocenters. The quantitative estimate of drug-likeness (QED) is 0.112. The molecule has 0 saturated carbocycles. The molecule has 40 heavy (non-hydrogen) atoms. The van der Waals surface area contributed by atoms with Crippen LogP contribution in [0.1, 0.15) is 148 Å². The van der Waals surface area contributed by atoms with Crippen LogP contribution in [0.15, 0.2) is 42.5 Å². The third-order valence-corrected chi connectivity index (χ3v) is 8.53. The lowest BCUT2D eigenvalue weighted by atomic mass is 9.75. The topological polar surface area (TPSA) is 52.6 Å². The van der Waals surface area contributed by atoms with Gasteiger partial charge in [-0.25, -0.2) is 0 Å². The van der Waals surface area contributed by atoms with Crippen LogP contribution in [0.4, 0.5) is 0 Å². The predicted octanol–water partition coefficient (Wildman–Crippen LogP) is 9.99. The van der Waals surface area contributed by atoms with Gasteiger partial charge < -0.3 is 9.47 Å². The Morgan fingerprint density at radius 2 is 1.10 bits per heavy atom. The maximum absolute atomic E-state index is 12.5. The van der Waals surface area contributed by atoms with E-state index in [0.29, 0.717) is 24.3 Å². The molecule has 1 aliphatic carbocycles. The highest BCUT2D eigenvalue weighted by Crippen LogP contribution is 2.53. The van der Waals surface area contributed by atoms with Crippen LogP contribution in [0.2, 0.25) is 0 Å². The third kappa shape index (κ3) is 8.94. The maximum Gasteiger partial charge on any atom is 0.311 e. The second-order valence-electron chi connectivity index (χ2n) is 12.6. The molecule has 1 unspecified atom stereocenters. The van der Waals surface area contributed by atoms with Crippen LogP contribution in [0.25, 0.3) is 0 Å². The van der Waals surface area contributed by atoms with E-state index in [1.54, 1.807) is 0 Å². The number of benzene rings is 2. The SMILES string of the molecule is CCCCCCCCC(=O)Oc1ccc(C2(C)CC(C)(C)c3ccc(OC(=O)CCCCCCCC)cc32)cc1. The molecule has 4 nitrogen and oxygen atoms in total. The highest BCUT2D eigenvalue weighted by atomic mass is 16.5. The third-order valence-electron chi connectivity index (χ3n) is 8.53. The number of rotatable bonds is 17. The van der Waals surface area contributed by atoms with Crippen molar-refractivity contribution in [3.05, 3.63) is 59.2 Å². The maximum atomic E-state index is 12.5. The molecule has 0 spiro atoms. The van der Waals surface area contributed by atoms with E-state index in [2.05, 4.69) is 58.9 Å². The summed E-state index contributed by atoms with van der Waals surface area (Å²) < 4.78 is 11.4. The smallest absolute Gasteiger partial charge is 0.311 e. The number of esters is 2. The molecule has 0 fully saturated rings. The largest absolute Gasteiger partial charge is 0.427 e. The minimum Gasteiger partial charge on any atom is -0.427 e. The monoisotopic (exact) mass is 548 g/mol. The van der Waals surface area contributed by atoms with E-state index in [9.17, 15) is 9.59 Å². The molecule has 3 rings (SSSR count). The van der Waals surface area contributed by atoms with Gasteiger partial charge in [-0.15, -0.1) is 0 Å². The minimum atomic E-state index is -0.235. The summed E-state index contributed by atoms with van der Waals surface area (Å²) in [5, 5.41) is 0. The van der Waals surface area contributed by atoms with E-state index in [4.69, 9.17) is 9.47 Å². The van der Waals surface area contributed by atoms with Gasteiger partial charge in [-0.1, -0.05) is 117 Å². The highest BCUT2D eigenvalue weighted by molar-refractivity contribution is 5.73. The number of fused-ring (bicyclic) bond motifs is 1. The Balaban J connectivity index is 1.62. The number of ether oxygens (including phenoxy) is 2. The van der Waals surface area contributed by atoms with Crippen LogP contribution < -0.4 is 9.47 Å². The average Bonchev–Trinajstić information content (AvgIpc) is 3.13. The summed E-state index contributed by atoms with van der Waals surface area (Å²) in [7, 11) is 0. The number of hydrogen-bond acceptors (Lipinski definition) is 4. The molecule has 1 aliphatic rings. The number of unbranched alkanes of at least 4 members (excludes halogenated alkanes) is 10. The fourth-order valence-corrected chi connectivity index (χ4v) is 6.32. The Morgan fingerprint density at radius 3 is 1.65 bits per heavy atom. The second-order valence-corrected chi connectivity index (χ2v) is 12.6. The molecule has 220 valence electrons. The molecular weight excluding hydrogens is 496 g/mol. The lowest BCUT2D eigenvalue weighted by molar-refractivity contribution is -0.135.